The lowest BCUT2D eigenvalue weighted by Crippen LogP contribution is -2.52. The highest BCUT2D eigenvalue weighted by molar-refractivity contribution is 5.89. The molecule has 0 aliphatic carbocycles. The summed E-state index contributed by atoms with van der Waals surface area (Å²) in [5.41, 5.74) is 4.10. The highest BCUT2D eigenvalue weighted by Gasteiger charge is 2.29. The molecule has 2 aliphatic heterocycles. The van der Waals surface area contributed by atoms with E-state index in [1.54, 1.807) is 22.4 Å². The van der Waals surface area contributed by atoms with Gasteiger partial charge in [-0.15, -0.1) is 5.10 Å². The van der Waals surface area contributed by atoms with Gasteiger partial charge < -0.3 is 9.47 Å². The van der Waals surface area contributed by atoms with Crippen LogP contribution in [0.2, 0.25) is 0 Å². The molecule has 10 nitrogen and oxygen atoms in total. The van der Waals surface area contributed by atoms with Crippen molar-refractivity contribution >= 4 is 16.6 Å². The van der Waals surface area contributed by atoms with Gasteiger partial charge in [0.15, 0.2) is 0 Å². The van der Waals surface area contributed by atoms with Crippen molar-refractivity contribution in [3.8, 4) is 17.0 Å². The molecule has 0 spiro atoms. The Morgan fingerprint density at radius 2 is 2.15 bits per heavy atom. The van der Waals surface area contributed by atoms with Crippen LogP contribution >= 0.6 is 0 Å². The van der Waals surface area contributed by atoms with Crippen molar-refractivity contribution in [3.05, 3.63) is 36.1 Å². The molecular weight excluding hydrogens is 439 g/mol. The third kappa shape index (κ3) is 3.74. The van der Waals surface area contributed by atoms with E-state index in [0.29, 0.717) is 28.6 Å². The van der Waals surface area contributed by atoms with E-state index in [9.17, 15) is 4.39 Å². The number of piperidine rings is 1. The maximum atomic E-state index is 12.9. The first-order valence-corrected chi connectivity index (χ1v) is 11.6. The van der Waals surface area contributed by atoms with Crippen molar-refractivity contribution < 1.29 is 15.2 Å². The molecule has 0 bridgehead atoms. The van der Waals surface area contributed by atoms with Crippen LogP contribution in [-0.4, -0.2) is 86.7 Å². The molecule has 0 atom stereocenters. The number of alkyl halides is 1. The Kier molecular flexibility index (Phi) is 5.20. The summed E-state index contributed by atoms with van der Waals surface area (Å²) in [4.78, 5) is 11.9. The minimum Gasteiger partial charge on any atom is -0.479 e. The highest BCUT2D eigenvalue weighted by atomic mass is 19.1. The van der Waals surface area contributed by atoms with Gasteiger partial charge in [0, 0.05) is 24.8 Å². The number of methoxy groups -OCH3 is 1. The Morgan fingerprint density at radius 1 is 1.29 bits per heavy atom. The Hall–Kier alpha value is -3.31. The van der Waals surface area contributed by atoms with Crippen LogP contribution in [0.25, 0.3) is 27.7 Å². The van der Waals surface area contributed by atoms with Gasteiger partial charge in [-0.2, -0.15) is 4.98 Å². The molecule has 11 heteroatoms. The number of hydrogen-bond donors (Lipinski definition) is 1. The molecule has 34 heavy (non-hydrogen) atoms. The lowest BCUT2D eigenvalue weighted by Gasteiger charge is -2.40. The highest BCUT2D eigenvalue weighted by Crippen LogP contribution is 2.31. The molecule has 4 aromatic rings. The number of aromatic amines is 1. The minimum atomic E-state index is -0.526. The second kappa shape index (κ2) is 8.80. The third-order valence-electron chi connectivity index (χ3n) is 6.69. The zero-order chi connectivity index (χ0) is 23.9. The Balaban J connectivity index is 1.36. The van der Waals surface area contributed by atoms with E-state index in [-0.39, 0.29) is 18.8 Å². The summed E-state index contributed by atoms with van der Waals surface area (Å²) in [6.07, 6.45) is 2.16. The molecule has 5 heterocycles. The fourth-order valence-corrected chi connectivity index (χ4v) is 4.74. The van der Waals surface area contributed by atoms with Crippen LogP contribution in [-0.2, 0) is 11.3 Å². The average molecular weight is 468 g/mol. The number of hydrogen-bond acceptors (Lipinski definition) is 7. The Labute approximate surface area is 196 Å². The van der Waals surface area contributed by atoms with E-state index < -0.39 is 6.67 Å². The summed E-state index contributed by atoms with van der Waals surface area (Å²) in [6, 6.07) is 8.11. The fraction of sp³-hybridized carbons (Fsp3) is 0.478. The van der Waals surface area contributed by atoms with Gasteiger partial charge in [-0.3, -0.25) is 14.5 Å². The second-order valence-corrected chi connectivity index (χ2v) is 8.72. The monoisotopic (exact) mass is 467 g/mol. The quantitative estimate of drug-likeness (QED) is 0.465. The van der Waals surface area contributed by atoms with Crippen molar-refractivity contribution in [2.75, 3.05) is 40.1 Å². The van der Waals surface area contributed by atoms with E-state index in [0.717, 1.165) is 55.8 Å². The molecule has 1 N–H and O–H groups in total. The summed E-state index contributed by atoms with van der Waals surface area (Å²) < 4.78 is 35.7. The maximum absolute atomic E-state index is 12.9. The lowest BCUT2D eigenvalue weighted by atomic mass is 10.0. The molecule has 6 rings (SSSR count). The van der Waals surface area contributed by atoms with Crippen LogP contribution < -0.4 is 10.4 Å². The van der Waals surface area contributed by atoms with Gasteiger partial charge in [0.25, 0.3) is 0 Å². The fourth-order valence-electron chi connectivity index (χ4n) is 4.74. The van der Waals surface area contributed by atoms with Crippen molar-refractivity contribution in [3.63, 3.8) is 0 Å². The number of fused-ring (bicyclic) bond motifs is 2. The number of benzene rings is 1. The number of likely N-dealkylation sites (tertiary alicyclic amines) is 1. The molecule has 0 amide bonds. The molecule has 0 saturated carbocycles. The van der Waals surface area contributed by atoms with E-state index in [4.69, 9.17) is 15.8 Å². The zero-order valence-electron chi connectivity index (χ0n) is 19.9. The van der Waals surface area contributed by atoms with Gasteiger partial charge >= 0.3 is 0 Å². The molecule has 2 aliphatic rings. The molecule has 2 saturated heterocycles. The molecule has 0 radical (unpaired) electrons. The zero-order valence-corrected chi connectivity index (χ0v) is 18.9. The number of ether oxygens (including phenoxy) is 2. The van der Waals surface area contributed by atoms with Crippen molar-refractivity contribution in [2.24, 2.45) is 4.99 Å². The van der Waals surface area contributed by atoms with E-state index in [1.807, 2.05) is 18.2 Å². The average Bonchev–Trinajstić information content (AvgIpc) is 3.39. The number of halogens is 1. The number of aryl methyl sites for hydroxylation is 1. The molecule has 178 valence electrons. The van der Waals surface area contributed by atoms with Gasteiger partial charge in [0.1, 0.15) is 17.7 Å². The number of rotatable bonds is 6. The van der Waals surface area contributed by atoms with E-state index >= 15 is 0 Å². The predicted molar refractivity (Wildman–Crippen MR) is 123 cm³/mol. The van der Waals surface area contributed by atoms with Gasteiger partial charge in [0.2, 0.25) is 11.5 Å². The summed E-state index contributed by atoms with van der Waals surface area (Å²) in [5, 5.41) is 11.3. The van der Waals surface area contributed by atoms with Crippen molar-refractivity contribution in [2.45, 2.75) is 31.5 Å². The molecule has 2 fully saturated rings. The van der Waals surface area contributed by atoms with Gasteiger partial charge in [-0.25, -0.2) is 14.1 Å². The second-order valence-electron chi connectivity index (χ2n) is 8.72. The first-order chi connectivity index (χ1) is 17.1. The van der Waals surface area contributed by atoms with Gasteiger partial charge in [-0.1, -0.05) is 11.3 Å². The maximum Gasteiger partial charge on any atom is 0.243 e. The Bertz CT molecular complexity index is 1430. The van der Waals surface area contributed by atoms with Crippen LogP contribution in [0.1, 0.15) is 14.2 Å². The minimum absolute atomic E-state index is 0.136. The molecular formula is C23H27FN8O2. The number of nitrogens with zero attached hydrogens (tertiary/aromatic N) is 7. The van der Waals surface area contributed by atoms with Crippen LogP contribution in [0.15, 0.2) is 35.4 Å². The number of H-pyrrole nitrogens is 1. The van der Waals surface area contributed by atoms with Crippen molar-refractivity contribution in [1.29, 1.82) is 0 Å². The largest absolute Gasteiger partial charge is 0.479 e. The van der Waals surface area contributed by atoms with Crippen LogP contribution in [0.4, 0.5) is 4.39 Å². The molecule has 1 aromatic carbocycles. The van der Waals surface area contributed by atoms with Crippen LogP contribution in [0.5, 0.6) is 5.88 Å². The molecule has 0 unspecified atom stereocenters. The summed E-state index contributed by atoms with van der Waals surface area (Å²) in [5.74, 6) is 0.385. The standard InChI is InChI=1S/C23H27FN8O2/c1-33-22-21-18(15-2-3-19-20(12-15)31(11-7-24)29-27-19)6-10-32(21)28-23(26-22)25-16-4-8-30(9-5-16)17-13-34-14-17/h2-3,6,10,12,16-17H,4-5,7-9,11,13-14H2,1H3,(H,25,28)/i10D. The number of aromatic nitrogens is 6. The summed E-state index contributed by atoms with van der Waals surface area (Å²) in [6.45, 7) is 3.26. The summed E-state index contributed by atoms with van der Waals surface area (Å²) >= 11 is 0. The van der Waals surface area contributed by atoms with Crippen molar-refractivity contribution in [1.82, 2.24) is 34.5 Å². The van der Waals surface area contributed by atoms with E-state index in [1.165, 1.54) is 0 Å². The van der Waals surface area contributed by atoms with Gasteiger partial charge in [0.05, 0.1) is 45.8 Å². The predicted octanol–water partition coefficient (Wildman–Crippen LogP) is 1.82. The van der Waals surface area contributed by atoms with Crippen LogP contribution in [0, 0.1) is 0 Å². The lowest BCUT2D eigenvalue weighted by molar-refractivity contribution is -0.0710. The first-order valence-electron chi connectivity index (χ1n) is 12.1. The summed E-state index contributed by atoms with van der Waals surface area (Å²) in [7, 11) is 1.56. The molecule has 3 aromatic heterocycles. The topological polar surface area (TPSA) is 97.9 Å². The smallest absolute Gasteiger partial charge is 0.243 e. The first kappa shape index (κ1) is 20.1. The van der Waals surface area contributed by atoms with Crippen LogP contribution in [0.3, 0.4) is 0 Å². The Morgan fingerprint density at radius 3 is 2.88 bits per heavy atom. The normalized spacial score (nSPS) is 19.1. The third-order valence-corrected chi connectivity index (χ3v) is 6.69. The number of nitrogens with one attached hydrogen (secondary N) is 1. The van der Waals surface area contributed by atoms with Gasteiger partial charge in [-0.05, 0) is 36.6 Å². The van der Waals surface area contributed by atoms with E-state index in [2.05, 4.69) is 25.3 Å². The SMILES string of the molecule is [2H]c1cc(-c2ccc3nnn(CCF)c3c2)c2c(OC)nc(=NC3CCN(C4COC4)CC3)[nH]n12.